The monoisotopic (exact) mass is 1280 g/mol. The van der Waals surface area contributed by atoms with Crippen molar-refractivity contribution < 1.29 is 0 Å². The molecule has 15 heteroatoms. The smallest absolute Gasteiger partial charge is 0.247 e. The van der Waals surface area contributed by atoms with Crippen LogP contribution in [-0.4, -0.2) is 73.3 Å². The second kappa shape index (κ2) is 18.3. The minimum atomic E-state index is -1.99. The van der Waals surface area contributed by atoms with Crippen LogP contribution in [0.25, 0.3) is 82.5 Å². The predicted octanol–water partition coefficient (Wildman–Crippen LogP) is 11.1. The van der Waals surface area contributed by atoms with E-state index >= 15 is 0 Å². The van der Waals surface area contributed by atoms with Crippen LogP contribution in [0.1, 0.15) is 86.1 Å². The fraction of sp³-hybridized carbons (Fsp3) is 0.133. The Morgan fingerprint density at radius 1 is 0.378 bits per heavy atom. The van der Waals surface area contributed by atoms with Crippen molar-refractivity contribution in [1.29, 1.82) is 0 Å². The van der Waals surface area contributed by atoms with Crippen LogP contribution in [0.3, 0.4) is 0 Å². The Hall–Kier alpha value is -8.85. The first-order chi connectivity index (χ1) is 47.7. The van der Waals surface area contributed by atoms with Crippen LogP contribution in [0.2, 0.25) is 0 Å². The van der Waals surface area contributed by atoms with Crippen molar-refractivity contribution >= 4 is 193 Å². The zero-order chi connectivity index (χ0) is 65.2. The molecule has 4 saturated heterocycles. The van der Waals surface area contributed by atoms with E-state index < -0.39 is 6.39 Å². The SMILES string of the molecule is CC1(C)c2ccccc2B2c3ccccc3-n3c4cccc(P56(N=[P+]7B8[BH2-]B87)[B]B5[BH2-]6)c4c4ccc1c2c43.Cc1ccc2c(c1)c1ccc3c4c1n2-c1ccccc1B4c1ccccc1C3(C)C.Cc1ccc2c3ccc4c5c3n(c2c1)-c1ccccc1B5c1ccccc1C4(C)C. The van der Waals surface area contributed by atoms with Gasteiger partial charge in [0.15, 0.2) is 0 Å². The Morgan fingerprint density at radius 2 is 0.776 bits per heavy atom. The van der Waals surface area contributed by atoms with Crippen LogP contribution in [0.5, 0.6) is 0 Å². The number of benzene rings is 12. The number of aromatic nitrogens is 3. The third kappa shape index (κ3) is 6.72. The third-order valence-electron chi connectivity index (χ3n) is 27.2. The fourth-order valence-electron chi connectivity index (χ4n) is 21.8. The van der Waals surface area contributed by atoms with E-state index in [0.717, 1.165) is 18.6 Å². The van der Waals surface area contributed by atoms with Crippen molar-refractivity contribution in [2.75, 3.05) is 0 Å². The van der Waals surface area contributed by atoms with Gasteiger partial charge in [-0.3, -0.25) is 0 Å². The van der Waals surface area contributed by atoms with E-state index in [1.807, 2.05) is 0 Å². The zero-order valence-corrected chi connectivity index (χ0v) is 59.0. The molecule has 0 amide bonds. The molecular formula is C83H67B9N4P2-. The number of nitrogens with zero attached hydrogens (tertiary/aromatic N) is 4. The third-order valence-corrected chi connectivity index (χ3v) is 38.5. The summed E-state index contributed by atoms with van der Waals surface area (Å²) in [6, 6.07) is 90.3. The number of para-hydroxylation sites is 3. The van der Waals surface area contributed by atoms with E-state index in [0.29, 0.717) is 27.2 Å². The minimum absolute atomic E-state index is 0.0138. The first kappa shape index (κ1) is 56.1. The van der Waals surface area contributed by atoms with E-state index in [-0.39, 0.29) is 30.6 Å². The van der Waals surface area contributed by atoms with Gasteiger partial charge in [0.25, 0.3) is 0 Å². The van der Waals surface area contributed by atoms with Gasteiger partial charge in [0, 0.05) is 54.8 Å². The number of rotatable bonds is 2. The van der Waals surface area contributed by atoms with Gasteiger partial charge in [0.05, 0.1) is 11.0 Å². The molecule has 10 aliphatic heterocycles. The first-order valence-electron chi connectivity index (χ1n) is 36.5. The van der Waals surface area contributed by atoms with Gasteiger partial charge in [-0.2, -0.15) is 0 Å². The largest absolute Gasteiger partial charge is 0.310 e. The van der Waals surface area contributed by atoms with Crippen LogP contribution in [0, 0.1) is 13.8 Å². The van der Waals surface area contributed by atoms with Crippen molar-refractivity contribution in [2.45, 2.75) is 71.6 Å². The number of aryl methyl sites for hydroxylation is 2. The molecule has 0 atom stereocenters. The van der Waals surface area contributed by atoms with Crippen molar-refractivity contribution in [3.63, 3.8) is 0 Å². The molecule has 0 N–H and O–H groups in total. The van der Waals surface area contributed by atoms with E-state index in [1.54, 1.807) is 16.2 Å². The van der Waals surface area contributed by atoms with E-state index in [2.05, 4.69) is 313 Å². The average molecular weight is 1280 g/mol. The van der Waals surface area contributed by atoms with Crippen LogP contribution in [0.15, 0.2) is 241 Å². The van der Waals surface area contributed by atoms with Gasteiger partial charge in [-0.15, -0.1) is 0 Å². The zero-order valence-electron chi connectivity index (χ0n) is 57.2. The van der Waals surface area contributed by atoms with E-state index in [9.17, 15) is 0 Å². The fourth-order valence-corrected chi connectivity index (χ4v) is 34.6. The molecule has 0 saturated carbocycles. The molecule has 457 valence electrons. The van der Waals surface area contributed by atoms with E-state index in [4.69, 9.17) is 4.52 Å². The molecule has 0 aliphatic carbocycles. The molecule has 0 bridgehead atoms. The van der Waals surface area contributed by atoms with Crippen molar-refractivity contribution in [3.05, 3.63) is 281 Å². The maximum Gasteiger partial charge on any atom is 0.247 e. The van der Waals surface area contributed by atoms with E-state index in [1.165, 1.54) is 165 Å². The van der Waals surface area contributed by atoms with Gasteiger partial charge < -0.3 is 9.13 Å². The van der Waals surface area contributed by atoms with Gasteiger partial charge in [-0.1, -0.05) is 172 Å². The summed E-state index contributed by atoms with van der Waals surface area (Å²) in [5.74, 6) is 0. The Balaban J connectivity index is 0.0000000929. The second-order valence-corrected chi connectivity index (χ2v) is 41.8. The molecule has 98 heavy (non-hydrogen) atoms. The summed E-state index contributed by atoms with van der Waals surface area (Å²) in [4.78, 5) is 0. The molecule has 3 aromatic heterocycles. The van der Waals surface area contributed by atoms with Gasteiger partial charge >= 0.3 is 228 Å². The van der Waals surface area contributed by atoms with Crippen LogP contribution < -0.4 is 54.5 Å². The minimum Gasteiger partial charge on any atom is -0.310 e. The topological polar surface area (TPSA) is 27.1 Å². The molecule has 12 aromatic carbocycles. The van der Waals surface area contributed by atoms with Crippen molar-refractivity contribution in [2.24, 2.45) is 4.52 Å². The summed E-state index contributed by atoms with van der Waals surface area (Å²) in [5.41, 5.74) is 37.0. The number of hydrogen-bond donors (Lipinski definition) is 0. The van der Waals surface area contributed by atoms with Crippen molar-refractivity contribution in [3.8, 4) is 17.1 Å². The molecule has 4 nitrogen and oxygen atoms in total. The molecule has 0 unspecified atom stereocenters. The molecule has 15 aromatic rings. The molecule has 25 rings (SSSR count). The van der Waals surface area contributed by atoms with Crippen LogP contribution in [0.4, 0.5) is 0 Å². The summed E-state index contributed by atoms with van der Waals surface area (Å²) >= 11 is 0. The molecule has 10 aliphatic rings. The standard InChI is InChI=1S/2C28H22BN.C27H23B7N2P2/c1-17-12-15-24-19(16-17)18-13-14-21-26-27(18)30(24)25-11-7-6-10-23(25)29(26)22-9-5-4-8-20(22)28(21,2)3;1-17-12-13-18-19-14-15-21-26-27(19)30(25(18)16-17)24-11-7-6-10-23(24)29(26)22-9-5-4-8-20(22)28(21,2)3;1-27(2)17-8-3-4-9-19(17)31-20-10-5-6-11-21(20)36-22-12-7-13-23(24(22)16-14-15-18(27)25(31)26(16)36)38(29-32(38)30-38)35-37-33-28-34(33)37/h2*4-16H,1-3H3;3-15H,28-29H2,1-2H3/q;;-1. The molecule has 1 radical (unpaired) electrons. The van der Waals surface area contributed by atoms with Gasteiger partial charge in [-0.05, 0) is 93.8 Å². The first-order valence-corrected chi connectivity index (χ1v) is 40.7. The maximum atomic E-state index is 5.94. The normalized spacial score (nSPS) is 18.3. The number of hydrogen-bond acceptors (Lipinski definition) is 1. The van der Waals surface area contributed by atoms with Crippen LogP contribution in [-0.2, 0) is 16.2 Å². The molecular weight excluding hydrogens is 1210 g/mol. The quantitative estimate of drug-likeness (QED) is 0.122. The Bertz CT molecular complexity index is 6270. The predicted molar refractivity (Wildman–Crippen MR) is 438 cm³/mol. The summed E-state index contributed by atoms with van der Waals surface area (Å²) in [7, 11) is 0.517. The van der Waals surface area contributed by atoms with Crippen molar-refractivity contribution in [1.82, 2.24) is 13.7 Å². The second-order valence-electron chi connectivity index (χ2n) is 33.2. The van der Waals surface area contributed by atoms with Crippen LogP contribution >= 0.6 is 13.9 Å². The van der Waals surface area contributed by atoms with Gasteiger partial charge in [0.1, 0.15) is 0 Å². The summed E-state index contributed by atoms with van der Waals surface area (Å²) in [5, 5.41) is 10.2. The molecule has 0 spiro atoms. The summed E-state index contributed by atoms with van der Waals surface area (Å²) in [6.07, 6.45) is 1.23. The Morgan fingerprint density at radius 3 is 1.26 bits per heavy atom. The number of fused-ring (bicyclic) bond motifs is 26. The van der Waals surface area contributed by atoms with Gasteiger partial charge in [-0.25, -0.2) is 0 Å². The average Bonchev–Trinajstić information content (AvgIpc) is 1.42. The molecule has 13 heterocycles. The molecule has 4 fully saturated rings. The van der Waals surface area contributed by atoms with Gasteiger partial charge in [0.2, 0.25) is 13.4 Å². The summed E-state index contributed by atoms with van der Waals surface area (Å²) in [6.45, 7) is 22.5. The maximum absolute atomic E-state index is 5.94. The summed E-state index contributed by atoms with van der Waals surface area (Å²) < 4.78 is 13.7. The Labute approximate surface area is 577 Å². The Kier molecular flexibility index (Phi) is 10.5.